The van der Waals surface area contributed by atoms with E-state index in [0.717, 1.165) is 55.8 Å². The number of benzene rings is 2. The molecule has 0 aliphatic heterocycles. The molecular formula is C34H40N6. The van der Waals surface area contributed by atoms with Crippen molar-refractivity contribution in [2.45, 2.75) is 71.8 Å². The molecule has 3 heterocycles. The van der Waals surface area contributed by atoms with Gasteiger partial charge in [0.05, 0.1) is 29.3 Å². The highest BCUT2D eigenvalue weighted by atomic mass is 15.2. The van der Waals surface area contributed by atoms with Crippen molar-refractivity contribution >= 4 is 11.0 Å². The number of rotatable bonds is 10. The van der Waals surface area contributed by atoms with Gasteiger partial charge in [0.25, 0.3) is 0 Å². The van der Waals surface area contributed by atoms with Gasteiger partial charge >= 0.3 is 0 Å². The molecule has 0 saturated carbocycles. The zero-order valence-electron chi connectivity index (χ0n) is 22.6. The minimum atomic E-state index is 0. The van der Waals surface area contributed by atoms with Crippen LogP contribution in [0.25, 0.3) is 11.0 Å². The number of aromatic nitrogens is 4. The average molecular weight is 533 g/mol. The highest BCUT2D eigenvalue weighted by molar-refractivity contribution is 5.74. The van der Waals surface area contributed by atoms with Gasteiger partial charge in [-0.2, -0.15) is 0 Å². The summed E-state index contributed by atoms with van der Waals surface area (Å²) >= 11 is 0. The number of aryl methyl sites for hydroxylation is 1. The fourth-order valence-corrected chi connectivity index (χ4v) is 5.81. The quantitative estimate of drug-likeness (QED) is 0.197. The third-order valence-electron chi connectivity index (χ3n) is 7.85. The predicted octanol–water partition coefficient (Wildman–Crippen LogP) is 7.31. The van der Waals surface area contributed by atoms with Gasteiger partial charge in [-0.3, -0.25) is 14.9 Å². The summed E-state index contributed by atoms with van der Waals surface area (Å²) in [5, 5.41) is 3.70. The molecule has 0 saturated heterocycles. The lowest BCUT2D eigenvalue weighted by Gasteiger charge is -2.34. The van der Waals surface area contributed by atoms with E-state index in [1.165, 1.54) is 34.4 Å². The van der Waals surface area contributed by atoms with Crippen molar-refractivity contribution in [2.75, 3.05) is 0 Å². The molecule has 1 aliphatic carbocycles. The lowest BCUT2D eigenvalue weighted by molar-refractivity contribution is 0.153. The molecule has 40 heavy (non-hydrogen) atoms. The molecule has 0 spiro atoms. The summed E-state index contributed by atoms with van der Waals surface area (Å²) in [7, 11) is 0. The van der Waals surface area contributed by atoms with Crippen molar-refractivity contribution in [1.82, 2.24) is 30.2 Å². The minimum Gasteiger partial charge on any atom is -0.341 e. The first-order valence-electron chi connectivity index (χ1n) is 14.1. The molecule has 0 bridgehead atoms. The molecule has 6 heteroatoms. The molecule has 1 aliphatic rings. The van der Waals surface area contributed by atoms with Crippen molar-refractivity contribution in [3.05, 3.63) is 125 Å². The van der Waals surface area contributed by atoms with Gasteiger partial charge in [0, 0.05) is 37.7 Å². The average Bonchev–Trinajstić information content (AvgIpc) is 3.41. The number of fused-ring (bicyclic) bond motifs is 2. The summed E-state index contributed by atoms with van der Waals surface area (Å²) in [5.74, 6) is 1.00. The maximum Gasteiger partial charge on any atom is 0.121 e. The van der Waals surface area contributed by atoms with E-state index < -0.39 is 0 Å². The predicted molar refractivity (Wildman–Crippen MR) is 163 cm³/mol. The Bertz CT molecular complexity index is 1460. The van der Waals surface area contributed by atoms with E-state index in [2.05, 4.69) is 87.8 Å². The number of hydrogen-bond acceptors (Lipinski definition) is 5. The second kappa shape index (κ2) is 13.0. The van der Waals surface area contributed by atoms with Crippen molar-refractivity contribution in [3.8, 4) is 0 Å². The maximum absolute atomic E-state index is 4.90. The van der Waals surface area contributed by atoms with Crippen LogP contribution < -0.4 is 5.32 Å². The number of imidazole rings is 1. The third-order valence-corrected chi connectivity index (χ3v) is 7.85. The van der Waals surface area contributed by atoms with Crippen molar-refractivity contribution in [2.24, 2.45) is 0 Å². The summed E-state index contributed by atoms with van der Waals surface area (Å²) in [4.78, 5) is 20.1. The summed E-state index contributed by atoms with van der Waals surface area (Å²) in [6.45, 7) is 4.64. The van der Waals surface area contributed by atoms with E-state index in [4.69, 9.17) is 9.97 Å². The first-order chi connectivity index (χ1) is 19.3. The van der Waals surface area contributed by atoms with Gasteiger partial charge in [0.2, 0.25) is 0 Å². The number of pyridine rings is 2. The first-order valence-corrected chi connectivity index (χ1v) is 14.1. The van der Waals surface area contributed by atoms with E-state index in [0.29, 0.717) is 6.04 Å². The molecule has 2 atom stereocenters. The largest absolute Gasteiger partial charge is 0.341 e. The van der Waals surface area contributed by atoms with Gasteiger partial charge in [-0.1, -0.05) is 62.9 Å². The standard InChI is InChI=1S/C33H36N6.CH4/c1-2-28(27-10-6-18-34-21-27)36-20-24-14-16-25(17-15-24)22-39(23-32-37-29-11-3-4-12-30(29)38-32)31-13-5-8-26-9-7-19-35-33(26)31;/h3-4,6-7,9-12,14-19,21,28,31,36H,2,5,8,13,20,22-23H2,1H3,(H,37,38);1H4. The Labute approximate surface area is 237 Å². The smallest absolute Gasteiger partial charge is 0.121 e. The van der Waals surface area contributed by atoms with Gasteiger partial charge in [0.15, 0.2) is 0 Å². The zero-order chi connectivity index (χ0) is 26.4. The summed E-state index contributed by atoms with van der Waals surface area (Å²) in [5.41, 5.74) is 8.53. The number of H-pyrrole nitrogens is 1. The van der Waals surface area contributed by atoms with Crippen LogP contribution in [-0.4, -0.2) is 24.8 Å². The van der Waals surface area contributed by atoms with Crippen molar-refractivity contribution in [1.29, 1.82) is 0 Å². The van der Waals surface area contributed by atoms with Crippen LogP contribution in [0.1, 0.15) is 79.5 Å². The molecule has 0 amide bonds. The fourth-order valence-electron chi connectivity index (χ4n) is 5.81. The van der Waals surface area contributed by atoms with E-state index in [1.807, 2.05) is 30.7 Å². The Morgan fingerprint density at radius 2 is 1.77 bits per heavy atom. The number of nitrogens with one attached hydrogen (secondary N) is 2. The molecule has 2 N–H and O–H groups in total. The first kappa shape index (κ1) is 27.7. The topological polar surface area (TPSA) is 69.7 Å². The fraction of sp³-hybridized carbons (Fsp3) is 0.324. The molecule has 5 aromatic rings. The monoisotopic (exact) mass is 532 g/mol. The van der Waals surface area contributed by atoms with Crippen LogP contribution in [0.4, 0.5) is 0 Å². The van der Waals surface area contributed by atoms with Gasteiger partial charge in [0.1, 0.15) is 5.82 Å². The summed E-state index contributed by atoms with van der Waals surface area (Å²) in [6, 6.07) is 26.4. The SMILES string of the molecule is C.CCC(NCc1ccc(CN(Cc2nc3ccccc3[nH]2)C2CCCc3cccnc32)cc1)c1cccnc1. The Morgan fingerprint density at radius 3 is 2.58 bits per heavy atom. The number of para-hydroxylation sites is 2. The molecule has 6 rings (SSSR count). The lowest BCUT2D eigenvalue weighted by Crippen LogP contribution is -2.31. The number of nitrogens with zero attached hydrogens (tertiary/aromatic N) is 4. The molecular weight excluding hydrogens is 492 g/mol. The second-order valence-electron chi connectivity index (χ2n) is 10.5. The highest BCUT2D eigenvalue weighted by Crippen LogP contribution is 2.34. The molecule has 2 unspecified atom stereocenters. The van der Waals surface area contributed by atoms with E-state index in [9.17, 15) is 0 Å². The van der Waals surface area contributed by atoms with E-state index in [1.54, 1.807) is 0 Å². The van der Waals surface area contributed by atoms with Crippen LogP contribution in [-0.2, 0) is 26.1 Å². The molecule has 2 aromatic carbocycles. The minimum absolute atomic E-state index is 0. The summed E-state index contributed by atoms with van der Waals surface area (Å²) < 4.78 is 0. The molecule has 0 fully saturated rings. The Hall–Kier alpha value is -3.87. The van der Waals surface area contributed by atoms with Crippen LogP contribution in [0.15, 0.2) is 91.4 Å². The van der Waals surface area contributed by atoms with E-state index >= 15 is 0 Å². The Balaban J connectivity index is 0.00000323. The van der Waals surface area contributed by atoms with Crippen LogP contribution in [0.3, 0.4) is 0 Å². The Kier molecular flexibility index (Phi) is 8.99. The molecule has 0 radical (unpaired) electrons. The van der Waals surface area contributed by atoms with Crippen LogP contribution in [0.2, 0.25) is 0 Å². The van der Waals surface area contributed by atoms with Gasteiger partial charge in [-0.15, -0.1) is 0 Å². The number of aromatic amines is 1. The zero-order valence-corrected chi connectivity index (χ0v) is 22.6. The van der Waals surface area contributed by atoms with Gasteiger partial charge < -0.3 is 10.3 Å². The third kappa shape index (κ3) is 6.30. The van der Waals surface area contributed by atoms with Gasteiger partial charge in [-0.25, -0.2) is 4.98 Å². The van der Waals surface area contributed by atoms with E-state index in [-0.39, 0.29) is 13.5 Å². The van der Waals surface area contributed by atoms with Crippen molar-refractivity contribution < 1.29 is 0 Å². The lowest BCUT2D eigenvalue weighted by atomic mass is 9.90. The molecule has 6 nitrogen and oxygen atoms in total. The normalized spacial score (nSPS) is 15.5. The maximum atomic E-state index is 4.90. The van der Waals surface area contributed by atoms with Crippen LogP contribution in [0.5, 0.6) is 0 Å². The second-order valence-corrected chi connectivity index (χ2v) is 10.5. The van der Waals surface area contributed by atoms with Gasteiger partial charge in [-0.05, 0) is 72.2 Å². The summed E-state index contributed by atoms with van der Waals surface area (Å²) in [6.07, 6.45) is 10.1. The van der Waals surface area contributed by atoms with Crippen LogP contribution in [0, 0.1) is 0 Å². The number of hydrogen-bond donors (Lipinski definition) is 2. The molecule has 206 valence electrons. The van der Waals surface area contributed by atoms with Crippen LogP contribution >= 0.6 is 0 Å². The van der Waals surface area contributed by atoms with Crippen molar-refractivity contribution in [3.63, 3.8) is 0 Å². The Morgan fingerprint density at radius 1 is 0.950 bits per heavy atom. The molecule has 3 aromatic heterocycles. The highest BCUT2D eigenvalue weighted by Gasteiger charge is 2.28.